The number of hydrogen-bond acceptors (Lipinski definition) is 6. The summed E-state index contributed by atoms with van der Waals surface area (Å²) in [6.45, 7) is 2.55. The summed E-state index contributed by atoms with van der Waals surface area (Å²) in [6.07, 6.45) is 0. The smallest absolute Gasteiger partial charge is 0.205 e. The number of rotatable bonds is 5. The van der Waals surface area contributed by atoms with E-state index in [4.69, 9.17) is 10.00 Å². The van der Waals surface area contributed by atoms with E-state index in [9.17, 15) is 0 Å². The normalized spacial score (nSPS) is 9.78. The van der Waals surface area contributed by atoms with Gasteiger partial charge in [-0.1, -0.05) is 29.5 Å². The average Bonchev–Trinajstić information content (AvgIpc) is 2.81. The molecule has 0 fully saturated rings. The van der Waals surface area contributed by atoms with Crippen molar-refractivity contribution >= 4 is 16.5 Å². The van der Waals surface area contributed by atoms with Crippen molar-refractivity contribution in [1.82, 2.24) is 10.2 Å². The summed E-state index contributed by atoms with van der Waals surface area (Å²) in [5, 5.41) is 21.3. The second-order valence-corrected chi connectivity index (χ2v) is 4.72. The maximum Gasteiger partial charge on any atom is 0.205 e. The van der Waals surface area contributed by atoms with Crippen LogP contribution in [0.15, 0.2) is 24.3 Å². The molecule has 1 aromatic heterocycles. The Morgan fingerprint density at radius 1 is 1.39 bits per heavy atom. The van der Waals surface area contributed by atoms with Crippen LogP contribution in [-0.2, 0) is 6.54 Å². The van der Waals surface area contributed by atoms with Crippen molar-refractivity contribution in [3.8, 4) is 11.8 Å². The predicted octanol–water partition coefficient (Wildman–Crippen LogP) is 2.36. The van der Waals surface area contributed by atoms with E-state index in [1.165, 1.54) is 11.3 Å². The van der Waals surface area contributed by atoms with Gasteiger partial charge in [0.25, 0.3) is 0 Å². The average molecular weight is 260 g/mol. The van der Waals surface area contributed by atoms with Crippen molar-refractivity contribution in [2.45, 2.75) is 13.5 Å². The first-order chi connectivity index (χ1) is 8.79. The summed E-state index contributed by atoms with van der Waals surface area (Å²) < 4.78 is 5.35. The molecule has 0 saturated carbocycles. The molecule has 0 aliphatic carbocycles. The lowest BCUT2D eigenvalue weighted by molar-refractivity contribution is 0.364. The third-order valence-corrected chi connectivity index (χ3v) is 3.02. The zero-order valence-corrected chi connectivity index (χ0v) is 10.7. The van der Waals surface area contributed by atoms with Crippen LogP contribution in [0.2, 0.25) is 0 Å². The molecular formula is C12H12N4OS. The van der Waals surface area contributed by atoms with Crippen LogP contribution in [0.25, 0.3) is 0 Å². The zero-order chi connectivity index (χ0) is 12.8. The Labute approximate surface area is 109 Å². The first-order valence-corrected chi connectivity index (χ1v) is 6.23. The molecule has 2 aromatic rings. The first-order valence-electron chi connectivity index (χ1n) is 5.41. The minimum atomic E-state index is 0.0505. The minimum absolute atomic E-state index is 0.0505. The van der Waals surface area contributed by atoms with Gasteiger partial charge in [0.15, 0.2) is 6.61 Å². The lowest BCUT2D eigenvalue weighted by Crippen LogP contribution is -2.03. The number of anilines is 1. The van der Waals surface area contributed by atoms with Crippen LogP contribution in [0, 0.1) is 18.3 Å². The Morgan fingerprint density at radius 2 is 2.22 bits per heavy atom. The van der Waals surface area contributed by atoms with E-state index in [2.05, 4.69) is 15.5 Å². The highest BCUT2D eigenvalue weighted by Crippen LogP contribution is 2.20. The number of para-hydroxylation sites is 1. The lowest BCUT2D eigenvalue weighted by atomic mass is 10.2. The summed E-state index contributed by atoms with van der Waals surface area (Å²) >= 11 is 1.50. The maximum atomic E-state index is 8.52. The molecule has 2 rings (SSSR count). The number of aromatic nitrogens is 2. The van der Waals surface area contributed by atoms with E-state index in [1.54, 1.807) is 0 Å². The van der Waals surface area contributed by atoms with Crippen molar-refractivity contribution < 1.29 is 4.74 Å². The van der Waals surface area contributed by atoms with Gasteiger partial charge in [0.1, 0.15) is 16.8 Å². The van der Waals surface area contributed by atoms with E-state index >= 15 is 0 Å². The number of benzene rings is 1. The second-order valence-electron chi connectivity index (χ2n) is 3.53. The van der Waals surface area contributed by atoms with Crippen molar-refractivity contribution in [2.24, 2.45) is 0 Å². The van der Waals surface area contributed by atoms with Crippen molar-refractivity contribution in [3.63, 3.8) is 0 Å². The largest absolute Gasteiger partial charge is 0.478 e. The molecular weight excluding hydrogens is 248 g/mol. The topological polar surface area (TPSA) is 70.8 Å². The maximum absolute atomic E-state index is 8.52. The van der Waals surface area contributed by atoms with E-state index < -0.39 is 0 Å². The molecule has 0 atom stereocenters. The molecule has 5 nitrogen and oxygen atoms in total. The molecule has 0 amide bonds. The first kappa shape index (κ1) is 12.3. The van der Waals surface area contributed by atoms with Gasteiger partial charge >= 0.3 is 0 Å². The fraction of sp³-hybridized carbons (Fsp3) is 0.250. The molecule has 0 radical (unpaired) electrons. The number of nitrogens with one attached hydrogen (secondary N) is 1. The number of aryl methyl sites for hydroxylation is 1. The third-order valence-electron chi connectivity index (χ3n) is 2.22. The van der Waals surface area contributed by atoms with E-state index in [0.29, 0.717) is 12.3 Å². The molecule has 0 bridgehead atoms. The van der Waals surface area contributed by atoms with E-state index in [1.807, 2.05) is 37.3 Å². The van der Waals surface area contributed by atoms with E-state index in [0.717, 1.165) is 15.7 Å². The van der Waals surface area contributed by atoms with Gasteiger partial charge in [-0.2, -0.15) is 5.26 Å². The van der Waals surface area contributed by atoms with E-state index in [-0.39, 0.29) is 6.61 Å². The third kappa shape index (κ3) is 3.18. The van der Waals surface area contributed by atoms with Gasteiger partial charge < -0.3 is 10.1 Å². The summed E-state index contributed by atoms with van der Waals surface area (Å²) in [6, 6.07) is 9.57. The second kappa shape index (κ2) is 5.98. The fourth-order valence-corrected chi connectivity index (χ4v) is 2.03. The van der Waals surface area contributed by atoms with Crippen LogP contribution in [-0.4, -0.2) is 16.8 Å². The molecule has 1 heterocycles. The SMILES string of the molecule is Cc1nnc(NCc2ccccc2OCC#N)s1. The number of nitrogens with zero attached hydrogens (tertiary/aromatic N) is 3. The quantitative estimate of drug-likeness (QED) is 0.893. The zero-order valence-electron chi connectivity index (χ0n) is 9.88. The Bertz CT molecular complexity index is 561. The molecule has 0 spiro atoms. The molecule has 18 heavy (non-hydrogen) atoms. The number of hydrogen-bond donors (Lipinski definition) is 1. The van der Waals surface area contributed by atoms with Crippen LogP contribution in [0.3, 0.4) is 0 Å². The molecule has 0 saturated heterocycles. The van der Waals surface area contributed by atoms with Crippen molar-refractivity contribution in [3.05, 3.63) is 34.8 Å². The van der Waals surface area contributed by atoms with Gasteiger partial charge in [-0.3, -0.25) is 0 Å². The minimum Gasteiger partial charge on any atom is -0.478 e. The number of nitriles is 1. The summed E-state index contributed by atoms with van der Waals surface area (Å²) in [5.74, 6) is 0.716. The Kier molecular flexibility index (Phi) is 4.10. The number of ether oxygens (including phenoxy) is 1. The van der Waals surface area contributed by atoms with Crippen LogP contribution >= 0.6 is 11.3 Å². The highest BCUT2D eigenvalue weighted by molar-refractivity contribution is 7.15. The molecule has 0 aliphatic rings. The van der Waals surface area contributed by atoms with Gasteiger partial charge in [-0.25, -0.2) is 0 Å². The summed E-state index contributed by atoms with van der Waals surface area (Å²) in [4.78, 5) is 0. The molecule has 0 aliphatic heterocycles. The molecule has 0 unspecified atom stereocenters. The van der Waals surface area contributed by atoms with Gasteiger partial charge in [0.05, 0.1) is 0 Å². The predicted molar refractivity (Wildman–Crippen MR) is 69.5 cm³/mol. The van der Waals surface area contributed by atoms with Crippen molar-refractivity contribution in [1.29, 1.82) is 5.26 Å². The van der Waals surface area contributed by atoms with Gasteiger partial charge in [-0.05, 0) is 13.0 Å². The van der Waals surface area contributed by atoms with Crippen LogP contribution < -0.4 is 10.1 Å². The molecule has 6 heteroatoms. The monoisotopic (exact) mass is 260 g/mol. The Balaban J connectivity index is 2.02. The summed E-state index contributed by atoms with van der Waals surface area (Å²) in [7, 11) is 0. The highest BCUT2D eigenvalue weighted by atomic mass is 32.1. The Hall–Kier alpha value is -2.13. The molecule has 92 valence electrons. The van der Waals surface area contributed by atoms with Crippen LogP contribution in [0.1, 0.15) is 10.6 Å². The fourth-order valence-electron chi connectivity index (χ4n) is 1.44. The highest BCUT2D eigenvalue weighted by Gasteiger charge is 2.04. The molecule has 1 N–H and O–H groups in total. The van der Waals surface area contributed by atoms with Crippen LogP contribution in [0.5, 0.6) is 5.75 Å². The van der Waals surface area contributed by atoms with Gasteiger partial charge in [0.2, 0.25) is 5.13 Å². The van der Waals surface area contributed by atoms with Crippen LogP contribution in [0.4, 0.5) is 5.13 Å². The lowest BCUT2D eigenvalue weighted by Gasteiger charge is -2.09. The summed E-state index contributed by atoms with van der Waals surface area (Å²) in [5.41, 5.74) is 0.987. The van der Waals surface area contributed by atoms with Gasteiger partial charge in [0, 0.05) is 12.1 Å². The Morgan fingerprint density at radius 3 is 2.94 bits per heavy atom. The molecule has 1 aromatic carbocycles. The van der Waals surface area contributed by atoms with Crippen molar-refractivity contribution in [2.75, 3.05) is 11.9 Å². The van der Waals surface area contributed by atoms with Gasteiger partial charge in [-0.15, -0.1) is 10.2 Å². The standard InChI is InChI=1S/C12H12N4OS/c1-9-15-16-12(18-9)14-8-10-4-2-3-5-11(10)17-7-6-13/h2-5H,7-8H2,1H3,(H,14,16).